The molecule has 4 nitrogen and oxygen atoms in total. The number of aromatic hydroxyl groups is 1. The van der Waals surface area contributed by atoms with Crippen LogP contribution < -0.4 is 9.47 Å². The summed E-state index contributed by atoms with van der Waals surface area (Å²) in [7, 11) is 0. The maximum absolute atomic E-state index is 10.6. The number of rotatable bonds is 3. The Kier molecular flexibility index (Phi) is 4.21. The minimum atomic E-state index is -0.147. The van der Waals surface area contributed by atoms with Gasteiger partial charge in [-0.15, -0.1) is 0 Å². The fraction of sp³-hybridized carbons (Fsp3) is 0.333. The molecule has 1 atom stereocenters. The summed E-state index contributed by atoms with van der Waals surface area (Å²) in [5, 5.41) is 11.8. The first-order valence-electron chi connectivity index (χ1n) is 7.95. The molecule has 0 bridgehead atoms. The second kappa shape index (κ2) is 6.36. The Morgan fingerprint density at radius 3 is 2.38 bits per heavy atom. The molecule has 1 fully saturated rings. The highest BCUT2D eigenvalue weighted by molar-refractivity contribution is 6.35. The molecule has 126 valence electrons. The topological polar surface area (TPSA) is 41.9 Å². The van der Waals surface area contributed by atoms with E-state index < -0.39 is 0 Å². The van der Waals surface area contributed by atoms with Crippen LogP contribution in [0, 0.1) is 0 Å². The molecule has 24 heavy (non-hydrogen) atoms. The first kappa shape index (κ1) is 15.9. The van der Waals surface area contributed by atoms with Crippen LogP contribution in [0.4, 0.5) is 0 Å². The molecule has 0 spiro atoms. The number of nitrogens with zero attached hydrogens (tertiary/aromatic N) is 1. The molecule has 2 heterocycles. The maximum Gasteiger partial charge on any atom is 0.231 e. The van der Waals surface area contributed by atoms with Gasteiger partial charge in [-0.05, 0) is 49.7 Å². The van der Waals surface area contributed by atoms with Crippen molar-refractivity contribution in [3.8, 4) is 17.2 Å². The fourth-order valence-corrected chi connectivity index (χ4v) is 3.96. The zero-order valence-electron chi connectivity index (χ0n) is 13.0. The molecule has 4 rings (SSSR count). The summed E-state index contributed by atoms with van der Waals surface area (Å²) in [4.78, 5) is 2.33. The van der Waals surface area contributed by atoms with Gasteiger partial charge in [0.2, 0.25) is 6.79 Å². The Bertz CT molecular complexity index is 775. The van der Waals surface area contributed by atoms with Crippen molar-refractivity contribution in [2.45, 2.75) is 18.9 Å². The van der Waals surface area contributed by atoms with Crippen LogP contribution in [0.25, 0.3) is 0 Å². The van der Waals surface area contributed by atoms with Crippen molar-refractivity contribution >= 4 is 23.2 Å². The van der Waals surface area contributed by atoms with Crippen molar-refractivity contribution in [1.82, 2.24) is 4.90 Å². The van der Waals surface area contributed by atoms with Gasteiger partial charge in [0.15, 0.2) is 11.5 Å². The molecule has 0 aliphatic carbocycles. The number of benzene rings is 2. The number of halogens is 2. The van der Waals surface area contributed by atoms with Crippen LogP contribution in [0.1, 0.15) is 30.0 Å². The van der Waals surface area contributed by atoms with E-state index in [1.807, 2.05) is 18.2 Å². The summed E-state index contributed by atoms with van der Waals surface area (Å²) in [6.45, 7) is 2.09. The lowest BCUT2D eigenvalue weighted by molar-refractivity contribution is 0.173. The predicted octanol–water partition coefficient (Wildman–Crippen LogP) is 4.61. The Morgan fingerprint density at radius 1 is 0.958 bits per heavy atom. The molecular formula is C18H17Cl2NO3. The predicted molar refractivity (Wildman–Crippen MR) is 93.3 cm³/mol. The average molecular weight is 366 g/mol. The van der Waals surface area contributed by atoms with Gasteiger partial charge in [0.05, 0.1) is 6.04 Å². The zero-order chi connectivity index (χ0) is 16.7. The number of likely N-dealkylation sites (tertiary alicyclic amines) is 1. The minimum Gasteiger partial charge on any atom is -0.507 e. The normalized spacial score (nSPS) is 18.1. The molecule has 2 aliphatic heterocycles. The Labute approximate surface area is 150 Å². The first-order valence-corrected chi connectivity index (χ1v) is 8.70. The standard InChI is InChI=1S/C18H17Cl2NO3/c19-11-3-4-12(14(20)7-11)18(21-5-1-2-6-21)13-8-16-17(9-15(13)22)24-10-23-16/h3-4,7-9,18,22H,1-2,5-6,10H2/t18-/m0/s1. The minimum absolute atomic E-state index is 0.147. The molecule has 1 saturated heterocycles. The van der Waals surface area contributed by atoms with Gasteiger partial charge in [0, 0.05) is 21.7 Å². The SMILES string of the molecule is Oc1cc2c(cc1[C@H](c1ccc(Cl)cc1Cl)N1CCCC1)OCO2. The Balaban J connectivity index is 1.84. The molecule has 0 amide bonds. The third-order valence-electron chi connectivity index (χ3n) is 4.58. The number of hydrogen-bond acceptors (Lipinski definition) is 4. The molecule has 2 aromatic rings. The van der Waals surface area contributed by atoms with Gasteiger partial charge in [0.25, 0.3) is 0 Å². The summed E-state index contributed by atoms with van der Waals surface area (Å²) in [6.07, 6.45) is 2.26. The molecule has 2 aromatic carbocycles. The van der Waals surface area contributed by atoms with Crippen LogP contribution in [-0.2, 0) is 0 Å². The average Bonchev–Trinajstić information content (AvgIpc) is 3.21. The number of phenols is 1. The molecular weight excluding hydrogens is 349 g/mol. The molecule has 0 radical (unpaired) electrons. The lowest BCUT2D eigenvalue weighted by Gasteiger charge is -2.29. The smallest absolute Gasteiger partial charge is 0.231 e. The van der Waals surface area contributed by atoms with Gasteiger partial charge in [-0.1, -0.05) is 29.3 Å². The lowest BCUT2D eigenvalue weighted by Crippen LogP contribution is -2.27. The van der Waals surface area contributed by atoms with E-state index in [4.69, 9.17) is 32.7 Å². The van der Waals surface area contributed by atoms with E-state index in [9.17, 15) is 5.11 Å². The molecule has 0 aromatic heterocycles. The van der Waals surface area contributed by atoms with Gasteiger partial charge in [-0.2, -0.15) is 0 Å². The highest BCUT2D eigenvalue weighted by Crippen LogP contribution is 2.45. The molecule has 2 aliphatic rings. The second-order valence-electron chi connectivity index (χ2n) is 6.08. The largest absolute Gasteiger partial charge is 0.507 e. The molecule has 0 unspecified atom stereocenters. The summed E-state index contributed by atoms with van der Waals surface area (Å²) in [5.74, 6) is 1.40. The van der Waals surface area contributed by atoms with Gasteiger partial charge < -0.3 is 14.6 Å². The quantitative estimate of drug-likeness (QED) is 0.861. The van der Waals surface area contributed by atoms with Crippen molar-refractivity contribution in [2.75, 3.05) is 19.9 Å². The third-order valence-corrected chi connectivity index (χ3v) is 5.14. The Morgan fingerprint density at radius 2 is 1.67 bits per heavy atom. The summed E-state index contributed by atoms with van der Waals surface area (Å²) < 4.78 is 10.8. The number of phenolic OH excluding ortho intramolecular Hbond substituents is 1. The number of ether oxygens (including phenoxy) is 2. The van der Waals surface area contributed by atoms with E-state index in [1.54, 1.807) is 12.1 Å². The lowest BCUT2D eigenvalue weighted by atomic mass is 9.95. The van der Waals surface area contributed by atoms with Crippen LogP contribution in [0.15, 0.2) is 30.3 Å². The van der Waals surface area contributed by atoms with Gasteiger partial charge in [-0.25, -0.2) is 0 Å². The first-order chi connectivity index (χ1) is 11.6. The van der Waals surface area contributed by atoms with Crippen LogP contribution in [0.2, 0.25) is 10.0 Å². The monoisotopic (exact) mass is 365 g/mol. The third kappa shape index (κ3) is 2.79. The van der Waals surface area contributed by atoms with Crippen molar-refractivity contribution in [3.63, 3.8) is 0 Å². The van der Waals surface area contributed by atoms with Gasteiger partial charge >= 0.3 is 0 Å². The Hall–Kier alpha value is -1.62. The van der Waals surface area contributed by atoms with Gasteiger partial charge in [0.1, 0.15) is 5.75 Å². The van der Waals surface area contributed by atoms with E-state index in [1.165, 1.54) is 0 Å². The fourth-order valence-electron chi connectivity index (χ4n) is 3.45. The summed E-state index contributed by atoms with van der Waals surface area (Å²) in [6, 6.07) is 8.82. The van der Waals surface area contributed by atoms with Crippen molar-refractivity contribution in [3.05, 3.63) is 51.5 Å². The van der Waals surface area contributed by atoms with E-state index in [2.05, 4.69) is 4.90 Å². The van der Waals surface area contributed by atoms with Crippen LogP contribution >= 0.6 is 23.2 Å². The van der Waals surface area contributed by atoms with Crippen LogP contribution in [0.3, 0.4) is 0 Å². The van der Waals surface area contributed by atoms with Crippen molar-refractivity contribution in [1.29, 1.82) is 0 Å². The number of fused-ring (bicyclic) bond motifs is 1. The number of hydrogen-bond donors (Lipinski definition) is 1. The molecule has 1 N–H and O–H groups in total. The van der Waals surface area contributed by atoms with Crippen molar-refractivity contribution in [2.24, 2.45) is 0 Å². The van der Waals surface area contributed by atoms with E-state index in [0.717, 1.165) is 37.1 Å². The van der Waals surface area contributed by atoms with Crippen molar-refractivity contribution < 1.29 is 14.6 Å². The van der Waals surface area contributed by atoms with E-state index in [0.29, 0.717) is 21.5 Å². The molecule has 6 heteroatoms. The van der Waals surface area contributed by atoms with E-state index in [-0.39, 0.29) is 18.6 Å². The second-order valence-corrected chi connectivity index (χ2v) is 6.92. The highest BCUT2D eigenvalue weighted by Gasteiger charge is 2.31. The molecule has 0 saturated carbocycles. The van der Waals surface area contributed by atoms with Crippen LogP contribution in [0.5, 0.6) is 17.2 Å². The summed E-state index contributed by atoms with van der Waals surface area (Å²) >= 11 is 12.5. The highest BCUT2D eigenvalue weighted by atomic mass is 35.5. The van der Waals surface area contributed by atoms with Crippen LogP contribution in [-0.4, -0.2) is 29.9 Å². The van der Waals surface area contributed by atoms with E-state index >= 15 is 0 Å². The zero-order valence-corrected chi connectivity index (χ0v) is 14.5. The summed E-state index contributed by atoms with van der Waals surface area (Å²) in [5.41, 5.74) is 1.70. The maximum atomic E-state index is 10.6. The van der Waals surface area contributed by atoms with Gasteiger partial charge in [-0.3, -0.25) is 4.90 Å².